The molecule has 2 aromatic carbocycles. The Morgan fingerprint density at radius 2 is 1.90 bits per heavy atom. The van der Waals surface area contributed by atoms with E-state index in [-0.39, 0.29) is 17.9 Å². The first kappa shape index (κ1) is 15.2. The van der Waals surface area contributed by atoms with Gasteiger partial charge in [0.25, 0.3) is 0 Å². The van der Waals surface area contributed by atoms with Crippen LogP contribution in [0.15, 0.2) is 42.5 Å². The number of anilines is 1. The number of hydrogen-bond donors (Lipinski definition) is 2. The zero-order valence-corrected chi connectivity index (χ0v) is 12.1. The summed E-state index contributed by atoms with van der Waals surface area (Å²) in [6.45, 7) is 0.274. The lowest BCUT2D eigenvalue weighted by atomic mass is 10.1. The van der Waals surface area contributed by atoms with Crippen molar-refractivity contribution < 1.29 is 14.6 Å². The molecule has 0 atom stereocenters. The van der Waals surface area contributed by atoms with Crippen LogP contribution in [0.25, 0.3) is 0 Å². The van der Waals surface area contributed by atoms with Crippen LogP contribution in [-0.4, -0.2) is 17.7 Å². The van der Waals surface area contributed by atoms with Gasteiger partial charge in [0.1, 0.15) is 11.3 Å². The van der Waals surface area contributed by atoms with Crippen LogP contribution in [-0.2, 0) is 11.2 Å². The van der Waals surface area contributed by atoms with Gasteiger partial charge in [-0.15, -0.1) is 0 Å². The van der Waals surface area contributed by atoms with E-state index in [2.05, 4.69) is 0 Å². The molecule has 0 unspecified atom stereocenters. The maximum atomic E-state index is 11.8. The van der Waals surface area contributed by atoms with E-state index in [0.717, 1.165) is 12.0 Å². The molecule has 5 heteroatoms. The number of esters is 1. The smallest absolute Gasteiger partial charge is 0.341 e. The van der Waals surface area contributed by atoms with Gasteiger partial charge in [0, 0.05) is 10.7 Å². The van der Waals surface area contributed by atoms with Crippen LogP contribution in [0.4, 0.5) is 5.69 Å². The molecule has 0 radical (unpaired) electrons. The van der Waals surface area contributed by atoms with Gasteiger partial charge in [0.05, 0.1) is 6.61 Å². The Morgan fingerprint density at radius 1 is 1.19 bits per heavy atom. The second-order valence-electron chi connectivity index (χ2n) is 4.64. The first-order valence-corrected chi connectivity index (χ1v) is 6.94. The number of carbonyl (C=O) groups is 1. The highest BCUT2D eigenvalue weighted by Crippen LogP contribution is 2.20. The van der Waals surface area contributed by atoms with Gasteiger partial charge in [0.15, 0.2) is 0 Å². The van der Waals surface area contributed by atoms with E-state index in [0.29, 0.717) is 17.1 Å². The predicted octanol–water partition coefficient (Wildman–Crippen LogP) is 3.42. The molecule has 110 valence electrons. The summed E-state index contributed by atoms with van der Waals surface area (Å²) in [5.41, 5.74) is 7.19. The van der Waals surface area contributed by atoms with E-state index in [1.54, 1.807) is 0 Å². The molecule has 2 aromatic rings. The van der Waals surface area contributed by atoms with E-state index < -0.39 is 5.97 Å². The molecule has 0 aliphatic carbocycles. The molecule has 0 heterocycles. The van der Waals surface area contributed by atoms with Crippen LogP contribution in [0.1, 0.15) is 22.3 Å². The van der Waals surface area contributed by atoms with Gasteiger partial charge in [-0.05, 0) is 48.7 Å². The van der Waals surface area contributed by atoms with E-state index in [4.69, 9.17) is 22.1 Å². The number of phenols is 1. The van der Waals surface area contributed by atoms with Crippen molar-refractivity contribution in [2.45, 2.75) is 12.8 Å². The van der Waals surface area contributed by atoms with Gasteiger partial charge in [-0.1, -0.05) is 23.7 Å². The maximum Gasteiger partial charge on any atom is 0.341 e. The molecule has 0 aromatic heterocycles. The van der Waals surface area contributed by atoms with Crippen molar-refractivity contribution >= 4 is 23.3 Å². The molecular weight excluding hydrogens is 290 g/mol. The lowest BCUT2D eigenvalue weighted by Gasteiger charge is -2.07. The Morgan fingerprint density at radius 3 is 2.62 bits per heavy atom. The Labute approximate surface area is 128 Å². The molecule has 0 aliphatic rings. The summed E-state index contributed by atoms with van der Waals surface area (Å²) in [6.07, 6.45) is 1.48. The first-order valence-electron chi connectivity index (χ1n) is 6.56. The van der Waals surface area contributed by atoms with Gasteiger partial charge in [-0.25, -0.2) is 4.79 Å². The highest BCUT2D eigenvalue weighted by Gasteiger charge is 2.12. The molecule has 0 bridgehead atoms. The summed E-state index contributed by atoms with van der Waals surface area (Å²) in [6, 6.07) is 11.8. The molecular formula is C16H16ClNO3. The summed E-state index contributed by atoms with van der Waals surface area (Å²) in [5.74, 6) is -0.706. The third-order valence-electron chi connectivity index (χ3n) is 3.00. The summed E-state index contributed by atoms with van der Waals surface area (Å²) in [7, 11) is 0. The lowest BCUT2D eigenvalue weighted by Crippen LogP contribution is -2.08. The predicted molar refractivity (Wildman–Crippen MR) is 82.6 cm³/mol. The molecule has 0 aliphatic heterocycles. The second-order valence-corrected chi connectivity index (χ2v) is 5.08. The second kappa shape index (κ2) is 6.99. The van der Waals surface area contributed by atoms with Gasteiger partial charge in [-0.2, -0.15) is 0 Å². The van der Waals surface area contributed by atoms with Crippen LogP contribution in [0.3, 0.4) is 0 Å². The Bertz CT molecular complexity index is 626. The number of ether oxygens (including phenoxy) is 1. The van der Waals surface area contributed by atoms with Crippen molar-refractivity contribution in [2.75, 3.05) is 12.3 Å². The van der Waals surface area contributed by atoms with E-state index in [1.807, 2.05) is 24.3 Å². The summed E-state index contributed by atoms with van der Waals surface area (Å²) < 4.78 is 5.13. The SMILES string of the molecule is Nc1ccc(O)c(C(=O)OCCCc2ccc(Cl)cc2)c1. The monoisotopic (exact) mass is 305 g/mol. The Kier molecular flexibility index (Phi) is 5.06. The molecule has 2 rings (SSSR count). The number of aryl methyl sites for hydroxylation is 1. The van der Waals surface area contributed by atoms with Crippen LogP contribution >= 0.6 is 11.6 Å². The Balaban J connectivity index is 1.81. The number of carbonyl (C=O) groups excluding carboxylic acids is 1. The van der Waals surface area contributed by atoms with Gasteiger partial charge in [-0.3, -0.25) is 0 Å². The molecule has 0 saturated heterocycles. The molecule has 0 fully saturated rings. The van der Waals surface area contributed by atoms with Crippen molar-refractivity contribution in [1.82, 2.24) is 0 Å². The van der Waals surface area contributed by atoms with Crippen LogP contribution < -0.4 is 5.73 Å². The van der Waals surface area contributed by atoms with Crippen LogP contribution in [0, 0.1) is 0 Å². The van der Waals surface area contributed by atoms with Gasteiger partial charge >= 0.3 is 5.97 Å². The fourth-order valence-corrected chi connectivity index (χ4v) is 2.01. The zero-order chi connectivity index (χ0) is 15.2. The van der Waals surface area contributed by atoms with Crippen molar-refractivity contribution in [3.63, 3.8) is 0 Å². The number of phenolic OH excluding ortho intramolecular Hbond substituents is 1. The normalized spacial score (nSPS) is 10.3. The molecule has 0 amide bonds. The molecule has 3 N–H and O–H groups in total. The summed E-state index contributed by atoms with van der Waals surface area (Å²) in [5, 5.41) is 10.3. The molecule has 4 nitrogen and oxygen atoms in total. The molecule has 0 spiro atoms. The minimum atomic E-state index is -0.573. The number of hydrogen-bond acceptors (Lipinski definition) is 4. The minimum absolute atomic E-state index is 0.0847. The lowest BCUT2D eigenvalue weighted by molar-refractivity contribution is 0.0497. The first-order chi connectivity index (χ1) is 10.1. The maximum absolute atomic E-state index is 11.8. The van der Waals surface area contributed by atoms with Crippen molar-refractivity contribution in [3.8, 4) is 5.75 Å². The number of benzene rings is 2. The highest BCUT2D eigenvalue weighted by molar-refractivity contribution is 6.30. The topological polar surface area (TPSA) is 72.5 Å². The number of rotatable bonds is 5. The average Bonchev–Trinajstić information content (AvgIpc) is 2.47. The largest absolute Gasteiger partial charge is 0.507 e. The van der Waals surface area contributed by atoms with Crippen LogP contribution in [0.2, 0.25) is 5.02 Å². The molecule has 0 saturated carbocycles. The fourth-order valence-electron chi connectivity index (χ4n) is 1.89. The van der Waals surface area contributed by atoms with E-state index in [9.17, 15) is 9.90 Å². The van der Waals surface area contributed by atoms with Gasteiger partial charge < -0.3 is 15.6 Å². The standard InChI is InChI=1S/C16H16ClNO3/c17-12-5-3-11(4-6-12)2-1-9-21-16(20)14-10-13(18)7-8-15(14)19/h3-8,10,19H,1-2,9,18H2. The van der Waals surface area contributed by atoms with Crippen molar-refractivity contribution in [3.05, 3.63) is 58.6 Å². The average molecular weight is 306 g/mol. The van der Waals surface area contributed by atoms with Gasteiger partial charge in [0.2, 0.25) is 0 Å². The van der Waals surface area contributed by atoms with Crippen molar-refractivity contribution in [2.24, 2.45) is 0 Å². The summed E-state index contributed by atoms with van der Waals surface area (Å²) >= 11 is 5.81. The van der Waals surface area contributed by atoms with E-state index in [1.165, 1.54) is 18.2 Å². The number of aromatic hydroxyl groups is 1. The number of nitrogens with two attached hydrogens (primary N) is 1. The molecule has 21 heavy (non-hydrogen) atoms. The third-order valence-corrected chi connectivity index (χ3v) is 3.25. The third kappa shape index (κ3) is 4.39. The minimum Gasteiger partial charge on any atom is -0.507 e. The van der Waals surface area contributed by atoms with Crippen LogP contribution in [0.5, 0.6) is 5.75 Å². The fraction of sp³-hybridized carbons (Fsp3) is 0.188. The summed E-state index contributed by atoms with van der Waals surface area (Å²) in [4.78, 5) is 11.8. The highest BCUT2D eigenvalue weighted by atomic mass is 35.5. The van der Waals surface area contributed by atoms with E-state index >= 15 is 0 Å². The number of nitrogen functional groups attached to an aromatic ring is 1. The zero-order valence-electron chi connectivity index (χ0n) is 11.4. The van der Waals surface area contributed by atoms with Crippen molar-refractivity contribution in [1.29, 1.82) is 0 Å². The number of halogens is 1. The Hall–Kier alpha value is -2.20. The quantitative estimate of drug-likeness (QED) is 0.384.